The Morgan fingerprint density at radius 1 is 0.679 bits per heavy atom. The standard InChI is InChI=1S/C23H16O5/c1-10-15-6-4-13(8-17(15)22(27)19(10)11(2)24)14-5-7-16-18(9-14)23(28)20(12(3)25)21(16)26/h4-9,19-20H,1H2,2-3H3. The van der Waals surface area contributed by atoms with Crippen LogP contribution in [-0.2, 0) is 9.59 Å². The van der Waals surface area contributed by atoms with Crippen LogP contribution in [0, 0.1) is 11.8 Å². The van der Waals surface area contributed by atoms with Gasteiger partial charge in [0.1, 0.15) is 23.4 Å². The number of Topliss-reactive ketones (excluding diaryl/α,β-unsaturated/α-hetero) is 5. The number of hydrogen-bond acceptors (Lipinski definition) is 5. The number of allylic oxidation sites excluding steroid dienone is 1. The van der Waals surface area contributed by atoms with Gasteiger partial charge in [-0.15, -0.1) is 0 Å². The van der Waals surface area contributed by atoms with E-state index in [-0.39, 0.29) is 22.7 Å². The second kappa shape index (κ2) is 6.02. The zero-order chi connectivity index (χ0) is 20.3. The largest absolute Gasteiger partial charge is 0.299 e. The van der Waals surface area contributed by atoms with E-state index in [1.807, 2.05) is 0 Å². The number of hydrogen-bond donors (Lipinski definition) is 0. The third-order valence-electron chi connectivity index (χ3n) is 5.46. The fourth-order valence-electron chi connectivity index (χ4n) is 4.05. The van der Waals surface area contributed by atoms with Crippen LogP contribution in [0.15, 0.2) is 43.0 Å². The van der Waals surface area contributed by atoms with Crippen molar-refractivity contribution in [2.24, 2.45) is 11.8 Å². The molecule has 0 heterocycles. The molecule has 0 spiro atoms. The smallest absolute Gasteiger partial charge is 0.181 e. The summed E-state index contributed by atoms with van der Waals surface area (Å²) < 4.78 is 0. The zero-order valence-electron chi connectivity index (χ0n) is 15.4. The molecule has 0 saturated carbocycles. The average Bonchev–Trinajstić information content (AvgIpc) is 3.05. The molecule has 5 heteroatoms. The summed E-state index contributed by atoms with van der Waals surface area (Å²) in [4.78, 5) is 60.9. The Hall–Kier alpha value is -3.47. The first-order chi connectivity index (χ1) is 13.2. The fraction of sp³-hybridized carbons (Fsp3) is 0.174. The summed E-state index contributed by atoms with van der Waals surface area (Å²) in [5.41, 5.74) is 3.37. The molecular formula is C23H16O5. The van der Waals surface area contributed by atoms with Gasteiger partial charge in [0.2, 0.25) is 0 Å². The maximum absolute atomic E-state index is 12.6. The molecule has 28 heavy (non-hydrogen) atoms. The number of benzene rings is 2. The Bertz CT molecular complexity index is 1060. The highest BCUT2D eigenvalue weighted by Gasteiger charge is 2.42. The molecule has 0 aromatic heterocycles. The maximum atomic E-state index is 12.6. The van der Waals surface area contributed by atoms with Gasteiger partial charge in [-0.1, -0.05) is 30.8 Å². The minimum absolute atomic E-state index is 0.223. The van der Waals surface area contributed by atoms with E-state index in [4.69, 9.17) is 0 Å². The average molecular weight is 372 g/mol. The van der Waals surface area contributed by atoms with Gasteiger partial charge in [0, 0.05) is 16.7 Å². The van der Waals surface area contributed by atoms with Crippen LogP contribution in [0.5, 0.6) is 0 Å². The van der Waals surface area contributed by atoms with Crippen LogP contribution >= 0.6 is 0 Å². The highest BCUT2D eigenvalue weighted by molar-refractivity contribution is 6.35. The molecule has 2 aromatic rings. The number of fused-ring (bicyclic) bond motifs is 2. The molecule has 0 fully saturated rings. The second-order valence-electron chi connectivity index (χ2n) is 7.23. The Morgan fingerprint density at radius 3 is 1.64 bits per heavy atom. The van der Waals surface area contributed by atoms with E-state index in [9.17, 15) is 24.0 Å². The third-order valence-corrected chi connectivity index (χ3v) is 5.46. The van der Waals surface area contributed by atoms with Crippen LogP contribution in [0.4, 0.5) is 0 Å². The molecule has 0 saturated heterocycles. The van der Waals surface area contributed by atoms with E-state index in [1.165, 1.54) is 13.8 Å². The van der Waals surface area contributed by atoms with E-state index in [2.05, 4.69) is 6.58 Å². The van der Waals surface area contributed by atoms with Crippen molar-refractivity contribution in [3.05, 3.63) is 65.2 Å². The Labute approximate surface area is 161 Å². The molecule has 0 aliphatic heterocycles. The SMILES string of the molecule is C=C1c2ccc(-c3ccc4c(c3)C(=O)C(C(C)=O)C4=O)cc2C(=O)C1C(C)=O. The van der Waals surface area contributed by atoms with Crippen LogP contribution in [0.2, 0.25) is 0 Å². The minimum atomic E-state index is -1.26. The molecule has 2 aliphatic carbocycles. The summed E-state index contributed by atoms with van der Waals surface area (Å²) in [5, 5.41) is 0. The van der Waals surface area contributed by atoms with Crippen LogP contribution in [0.25, 0.3) is 16.7 Å². The van der Waals surface area contributed by atoms with Gasteiger partial charge >= 0.3 is 0 Å². The molecule has 4 rings (SSSR count). The summed E-state index contributed by atoms with van der Waals surface area (Å²) in [6.45, 7) is 6.49. The van der Waals surface area contributed by atoms with E-state index in [0.29, 0.717) is 27.8 Å². The first kappa shape index (κ1) is 17.9. The molecule has 2 unspecified atom stereocenters. The van der Waals surface area contributed by atoms with Gasteiger partial charge in [-0.2, -0.15) is 0 Å². The van der Waals surface area contributed by atoms with Gasteiger partial charge in [0.25, 0.3) is 0 Å². The molecule has 5 nitrogen and oxygen atoms in total. The molecule has 0 amide bonds. The van der Waals surface area contributed by atoms with Gasteiger partial charge < -0.3 is 0 Å². The van der Waals surface area contributed by atoms with E-state index < -0.39 is 29.2 Å². The highest BCUT2D eigenvalue weighted by atomic mass is 16.2. The molecule has 2 aromatic carbocycles. The quantitative estimate of drug-likeness (QED) is 0.772. The molecule has 0 radical (unpaired) electrons. The molecule has 0 N–H and O–H groups in total. The predicted octanol–water partition coefficient (Wildman–Crippen LogP) is 3.35. The Morgan fingerprint density at radius 2 is 1.11 bits per heavy atom. The summed E-state index contributed by atoms with van der Waals surface area (Å²) in [7, 11) is 0. The minimum Gasteiger partial charge on any atom is -0.299 e. The van der Waals surface area contributed by atoms with Gasteiger partial charge in [-0.3, -0.25) is 24.0 Å². The number of carbonyl (C=O) groups excluding carboxylic acids is 5. The lowest BCUT2D eigenvalue weighted by molar-refractivity contribution is -0.119. The van der Waals surface area contributed by atoms with Crippen molar-refractivity contribution in [1.29, 1.82) is 0 Å². The van der Waals surface area contributed by atoms with Crippen molar-refractivity contribution in [3.8, 4) is 11.1 Å². The summed E-state index contributed by atoms with van der Waals surface area (Å²) >= 11 is 0. The molecular weight excluding hydrogens is 356 g/mol. The lowest BCUT2D eigenvalue weighted by Gasteiger charge is -2.06. The second-order valence-corrected chi connectivity index (χ2v) is 7.23. The first-order valence-electron chi connectivity index (χ1n) is 8.83. The third kappa shape index (κ3) is 2.36. The van der Waals surface area contributed by atoms with Crippen LogP contribution < -0.4 is 0 Å². The van der Waals surface area contributed by atoms with Crippen molar-refractivity contribution < 1.29 is 24.0 Å². The molecule has 138 valence electrons. The number of carbonyl (C=O) groups is 5. The van der Waals surface area contributed by atoms with Gasteiger partial charge in [0.15, 0.2) is 17.3 Å². The molecule has 2 aliphatic rings. The number of ketones is 5. The lowest BCUT2D eigenvalue weighted by Crippen LogP contribution is -2.22. The summed E-state index contributed by atoms with van der Waals surface area (Å²) in [6, 6.07) is 10.0. The van der Waals surface area contributed by atoms with Crippen molar-refractivity contribution >= 4 is 34.5 Å². The van der Waals surface area contributed by atoms with E-state index >= 15 is 0 Å². The zero-order valence-corrected chi connectivity index (χ0v) is 15.4. The Balaban J connectivity index is 1.78. The van der Waals surface area contributed by atoms with Crippen LogP contribution in [0.1, 0.15) is 50.5 Å². The van der Waals surface area contributed by atoms with Crippen molar-refractivity contribution in [2.75, 3.05) is 0 Å². The van der Waals surface area contributed by atoms with Gasteiger partial charge in [0.05, 0.1) is 0 Å². The maximum Gasteiger partial charge on any atom is 0.181 e. The van der Waals surface area contributed by atoms with Crippen molar-refractivity contribution in [3.63, 3.8) is 0 Å². The Kier molecular flexibility index (Phi) is 3.85. The normalized spacial score (nSPS) is 20.4. The fourth-order valence-corrected chi connectivity index (χ4v) is 4.05. The summed E-state index contributed by atoms with van der Waals surface area (Å²) in [5.74, 6) is -4.06. The highest BCUT2D eigenvalue weighted by Crippen LogP contribution is 2.39. The van der Waals surface area contributed by atoms with Crippen LogP contribution in [-0.4, -0.2) is 28.9 Å². The predicted molar refractivity (Wildman–Crippen MR) is 102 cm³/mol. The van der Waals surface area contributed by atoms with Crippen molar-refractivity contribution in [1.82, 2.24) is 0 Å². The monoisotopic (exact) mass is 372 g/mol. The molecule has 2 atom stereocenters. The first-order valence-corrected chi connectivity index (χ1v) is 8.83. The molecule has 0 bridgehead atoms. The van der Waals surface area contributed by atoms with Crippen LogP contribution in [0.3, 0.4) is 0 Å². The van der Waals surface area contributed by atoms with Gasteiger partial charge in [-0.25, -0.2) is 0 Å². The van der Waals surface area contributed by atoms with E-state index in [1.54, 1.807) is 36.4 Å². The van der Waals surface area contributed by atoms with E-state index in [0.717, 1.165) is 0 Å². The summed E-state index contributed by atoms with van der Waals surface area (Å²) in [6.07, 6.45) is 0. The topological polar surface area (TPSA) is 85.3 Å². The van der Waals surface area contributed by atoms with Gasteiger partial charge in [-0.05, 0) is 48.2 Å². The number of rotatable bonds is 3. The lowest BCUT2D eigenvalue weighted by atomic mass is 9.96. The van der Waals surface area contributed by atoms with Crippen molar-refractivity contribution in [2.45, 2.75) is 13.8 Å².